The van der Waals surface area contributed by atoms with E-state index in [4.69, 9.17) is 0 Å². The summed E-state index contributed by atoms with van der Waals surface area (Å²) < 4.78 is 0. The van der Waals surface area contributed by atoms with Gasteiger partial charge in [-0.1, -0.05) is 25.1 Å². The van der Waals surface area contributed by atoms with Crippen molar-refractivity contribution in [2.24, 2.45) is 0 Å². The third-order valence-corrected chi connectivity index (χ3v) is 4.65. The van der Waals surface area contributed by atoms with Crippen LogP contribution in [0.2, 0.25) is 0 Å². The largest absolute Gasteiger partial charge is 0.345 e. The highest BCUT2D eigenvalue weighted by Gasteiger charge is 2.23. The third-order valence-electron chi connectivity index (χ3n) is 4.65. The molecule has 0 bridgehead atoms. The van der Waals surface area contributed by atoms with E-state index in [1.807, 2.05) is 42.2 Å². The lowest BCUT2D eigenvalue weighted by Crippen LogP contribution is -2.46. The zero-order chi connectivity index (χ0) is 22.1. The molecule has 0 aliphatic carbocycles. The number of nitrogens with one attached hydrogen (secondary N) is 2. The molecule has 0 aliphatic heterocycles. The summed E-state index contributed by atoms with van der Waals surface area (Å²) in [6.07, 6.45) is 0.817. The van der Waals surface area contributed by atoms with Crippen molar-refractivity contribution in [3.8, 4) is 0 Å². The molecule has 0 heterocycles. The Labute approximate surface area is 178 Å². The molecule has 7 nitrogen and oxygen atoms in total. The fourth-order valence-electron chi connectivity index (χ4n) is 2.97. The lowest BCUT2D eigenvalue weighted by atomic mass is 10.2. The Morgan fingerprint density at radius 2 is 1.50 bits per heavy atom. The lowest BCUT2D eigenvalue weighted by molar-refractivity contribution is -0.123. The fraction of sp³-hybridized carbons (Fsp3) is 0.348. The van der Waals surface area contributed by atoms with Gasteiger partial charge in [-0.2, -0.15) is 0 Å². The quantitative estimate of drug-likeness (QED) is 0.666. The molecule has 7 heteroatoms. The molecule has 0 fully saturated rings. The smallest absolute Gasteiger partial charge is 0.253 e. The molecular formula is C23H30N4O3. The highest BCUT2D eigenvalue weighted by Crippen LogP contribution is 2.12. The summed E-state index contributed by atoms with van der Waals surface area (Å²) in [6, 6.07) is 15.5. The molecule has 30 heavy (non-hydrogen) atoms. The Kier molecular flexibility index (Phi) is 8.55. The second-order valence-corrected chi connectivity index (χ2v) is 7.33. The van der Waals surface area contributed by atoms with Crippen LogP contribution in [-0.2, 0) is 9.59 Å². The van der Waals surface area contributed by atoms with Gasteiger partial charge in [0.1, 0.15) is 0 Å². The fourth-order valence-corrected chi connectivity index (χ4v) is 2.97. The van der Waals surface area contributed by atoms with E-state index in [-0.39, 0.29) is 24.3 Å². The zero-order valence-electron chi connectivity index (χ0n) is 18.0. The summed E-state index contributed by atoms with van der Waals surface area (Å²) in [6.45, 7) is 4.51. The van der Waals surface area contributed by atoms with Gasteiger partial charge in [-0.25, -0.2) is 0 Å². The molecule has 2 rings (SSSR count). The molecule has 0 aromatic heterocycles. The molecule has 2 aromatic rings. The van der Waals surface area contributed by atoms with Gasteiger partial charge in [-0.05, 0) is 56.3 Å². The number of anilines is 2. The topological polar surface area (TPSA) is 81.8 Å². The van der Waals surface area contributed by atoms with Gasteiger partial charge >= 0.3 is 0 Å². The third kappa shape index (κ3) is 6.70. The van der Waals surface area contributed by atoms with Gasteiger partial charge in [-0.15, -0.1) is 0 Å². The number of amides is 3. The van der Waals surface area contributed by atoms with Crippen LogP contribution in [0.15, 0.2) is 54.6 Å². The molecule has 0 aliphatic rings. The predicted molar refractivity (Wildman–Crippen MR) is 119 cm³/mol. The van der Waals surface area contributed by atoms with Gasteiger partial charge in [0.05, 0.1) is 12.6 Å². The van der Waals surface area contributed by atoms with Crippen LogP contribution in [0, 0.1) is 0 Å². The second kappa shape index (κ2) is 11.1. The first-order valence-electron chi connectivity index (χ1n) is 10.0. The highest BCUT2D eigenvalue weighted by atomic mass is 16.2. The van der Waals surface area contributed by atoms with E-state index in [1.165, 1.54) is 4.90 Å². The average molecular weight is 411 g/mol. The predicted octanol–water partition coefficient (Wildman–Crippen LogP) is 3.07. The van der Waals surface area contributed by atoms with E-state index < -0.39 is 6.04 Å². The average Bonchev–Trinajstić information content (AvgIpc) is 2.73. The number of carbonyl (C=O) groups excluding carboxylic acids is 3. The molecular weight excluding hydrogens is 380 g/mol. The van der Waals surface area contributed by atoms with Crippen molar-refractivity contribution in [2.45, 2.75) is 26.3 Å². The van der Waals surface area contributed by atoms with E-state index in [1.54, 1.807) is 45.3 Å². The summed E-state index contributed by atoms with van der Waals surface area (Å²) >= 11 is 0. The first kappa shape index (κ1) is 23.1. The van der Waals surface area contributed by atoms with E-state index in [9.17, 15) is 14.4 Å². The second-order valence-electron chi connectivity index (χ2n) is 7.33. The van der Waals surface area contributed by atoms with Gasteiger partial charge < -0.3 is 15.5 Å². The van der Waals surface area contributed by atoms with Crippen molar-refractivity contribution in [2.75, 3.05) is 37.8 Å². The molecule has 1 atom stereocenters. The number of hydrogen-bond donors (Lipinski definition) is 2. The number of nitrogens with zero attached hydrogens (tertiary/aromatic N) is 2. The minimum Gasteiger partial charge on any atom is -0.345 e. The van der Waals surface area contributed by atoms with Crippen molar-refractivity contribution >= 4 is 29.1 Å². The Balaban J connectivity index is 1.97. The van der Waals surface area contributed by atoms with Crippen LogP contribution in [0.5, 0.6) is 0 Å². The summed E-state index contributed by atoms with van der Waals surface area (Å²) in [7, 11) is 3.38. The Hall–Kier alpha value is -3.19. The van der Waals surface area contributed by atoms with Crippen LogP contribution in [0.3, 0.4) is 0 Å². The van der Waals surface area contributed by atoms with Crippen LogP contribution >= 0.6 is 0 Å². The highest BCUT2D eigenvalue weighted by molar-refractivity contribution is 5.97. The summed E-state index contributed by atoms with van der Waals surface area (Å²) in [5, 5.41) is 5.71. The summed E-state index contributed by atoms with van der Waals surface area (Å²) in [5.74, 6) is -0.469. The summed E-state index contributed by atoms with van der Waals surface area (Å²) in [5.41, 5.74) is 1.88. The number of rotatable bonds is 9. The standard InChI is InChI=1S/C23H30N4O3/c1-5-15-27(17(2)22(29)25-19-9-7-6-8-10-19)16-21(28)24-20-13-11-18(12-14-20)23(30)26(3)4/h6-14,17H,5,15-16H2,1-4H3,(H,24,28)(H,25,29). The van der Waals surface area contributed by atoms with E-state index in [0.29, 0.717) is 17.8 Å². The molecule has 0 spiro atoms. The van der Waals surface area contributed by atoms with Crippen LogP contribution < -0.4 is 10.6 Å². The van der Waals surface area contributed by atoms with Crippen LogP contribution in [0.25, 0.3) is 0 Å². The molecule has 160 valence electrons. The number of hydrogen-bond acceptors (Lipinski definition) is 4. The molecule has 0 saturated heterocycles. The van der Waals surface area contributed by atoms with Gasteiger partial charge in [0.2, 0.25) is 11.8 Å². The van der Waals surface area contributed by atoms with Gasteiger partial charge in [-0.3, -0.25) is 19.3 Å². The van der Waals surface area contributed by atoms with E-state index >= 15 is 0 Å². The number of para-hydroxylation sites is 1. The zero-order valence-corrected chi connectivity index (χ0v) is 18.0. The molecule has 3 amide bonds. The minimum atomic E-state index is -0.462. The van der Waals surface area contributed by atoms with Crippen molar-refractivity contribution in [1.29, 1.82) is 0 Å². The van der Waals surface area contributed by atoms with Crippen LogP contribution in [0.4, 0.5) is 11.4 Å². The van der Waals surface area contributed by atoms with Gasteiger partial charge in [0.25, 0.3) is 5.91 Å². The molecule has 0 saturated carbocycles. The maximum Gasteiger partial charge on any atom is 0.253 e. The number of benzene rings is 2. The van der Waals surface area contributed by atoms with Crippen molar-refractivity contribution in [1.82, 2.24) is 9.80 Å². The molecule has 1 unspecified atom stereocenters. The number of carbonyl (C=O) groups is 3. The van der Waals surface area contributed by atoms with Gasteiger partial charge in [0.15, 0.2) is 0 Å². The Morgan fingerprint density at radius 3 is 2.07 bits per heavy atom. The Bertz CT molecular complexity index is 851. The molecule has 0 radical (unpaired) electrons. The van der Waals surface area contributed by atoms with Crippen LogP contribution in [0.1, 0.15) is 30.6 Å². The lowest BCUT2D eigenvalue weighted by Gasteiger charge is -2.27. The summed E-state index contributed by atoms with van der Waals surface area (Å²) in [4.78, 5) is 40.5. The van der Waals surface area contributed by atoms with Crippen LogP contribution in [-0.4, -0.2) is 60.7 Å². The van der Waals surface area contributed by atoms with Crippen molar-refractivity contribution in [3.63, 3.8) is 0 Å². The van der Waals surface area contributed by atoms with Gasteiger partial charge in [0, 0.05) is 31.0 Å². The molecule has 2 N–H and O–H groups in total. The van der Waals surface area contributed by atoms with Crippen molar-refractivity contribution < 1.29 is 14.4 Å². The normalized spacial score (nSPS) is 11.6. The maximum atomic E-state index is 12.6. The monoisotopic (exact) mass is 410 g/mol. The maximum absolute atomic E-state index is 12.6. The Morgan fingerprint density at radius 1 is 0.900 bits per heavy atom. The van der Waals surface area contributed by atoms with E-state index in [0.717, 1.165) is 12.1 Å². The van der Waals surface area contributed by atoms with Crippen molar-refractivity contribution in [3.05, 3.63) is 60.2 Å². The van der Waals surface area contributed by atoms with E-state index in [2.05, 4.69) is 10.6 Å². The SMILES string of the molecule is CCCN(CC(=O)Nc1ccc(C(=O)N(C)C)cc1)C(C)C(=O)Nc1ccccc1. The minimum absolute atomic E-state index is 0.0929. The first-order valence-corrected chi connectivity index (χ1v) is 10.0. The first-order chi connectivity index (χ1) is 14.3. The molecule has 2 aromatic carbocycles.